The molecule has 0 heterocycles. The van der Waals surface area contributed by atoms with Crippen molar-refractivity contribution in [2.45, 2.75) is 39.7 Å². The van der Waals surface area contributed by atoms with E-state index in [9.17, 15) is 0 Å². The van der Waals surface area contributed by atoms with Crippen molar-refractivity contribution in [3.8, 4) is 0 Å². The van der Waals surface area contributed by atoms with E-state index in [-0.39, 0.29) is 5.04 Å². The molecule has 14 heavy (non-hydrogen) atoms. The quantitative estimate of drug-likeness (QED) is 0.398. The summed E-state index contributed by atoms with van der Waals surface area (Å²) in [6.07, 6.45) is 0. The van der Waals surface area contributed by atoms with Gasteiger partial charge in [-0.2, -0.15) is 0 Å². The zero-order valence-electron chi connectivity index (χ0n) is 9.13. The van der Waals surface area contributed by atoms with Gasteiger partial charge in [0.2, 0.25) is 0 Å². The fourth-order valence-corrected chi connectivity index (χ4v) is 8.60. The molecule has 0 aromatic rings. The highest BCUT2D eigenvalue weighted by atomic mass is 80.0. The largest absolute Gasteiger partial charge is 0.280 e. The van der Waals surface area contributed by atoms with Gasteiger partial charge < -0.3 is 0 Å². The molecule has 0 N–H and O–H groups in total. The van der Waals surface area contributed by atoms with Crippen LogP contribution in [0.25, 0.3) is 0 Å². The molecule has 0 unspecified atom stereocenters. The lowest BCUT2D eigenvalue weighted by atomic mass is 9.98. The van der Waals surface area contributed by atoms with Crippen LogP contribution in [0.1, 0.15) is 34.6 Å². The molecular formula is C10H15Br3Si. The molecule has 80 valence electrons. The topological polar surface area (TPSA) is 0 Å². The second-order valence-corrected chi connectivity index (χ2v) is 26.4. The molecule has 0 amide bonds. The summed E-state index contributed by atoms with van der Waals surface area (Å²) in [5.41, 5.74) is 5.84. The van der Waals surface area contributed by atoms with Gasteiger partial charge in [-0.05, 0) is 38.8 Å². The van der Waals surface area contributed by atoms with Gasteiger partial charge in [0.25, 0.3) is 3.93 Å². The third kappa shape index (κ3) is 1.66. The molecule has 0 fully saturated rings. The standard InChI is InChI=1S/C10H15Br3Si/c1-6-7(2)9(4)10(5,8(6)3)14(11,12)13/h1-5H3. The summed E-state index contributed by atoms with van der Waals surface area (Å²) < 4.78 is -1.74. The van der Waals surface area contributed by atoms with Crippen LogP contribution in [-0.2, 0) is 0 Å². The average Bonchev–Trinajstić information content (AvgIpc) is 2.21. The fourth-order valence-electron chi connectivity index (χ4n) is 2.02. The van der Waals surface area contributed by atoms with Crippen LogP contribution in [0.4, 0.5) is 0 Å². The molecule has 0 bridgehead atoms. The van der Waals surface area contributed by atoms with Gasteiger partial charge in [-0.1, -0.05) is 63.9 Å². The SMILES string of the molecule is CC1=C(C)C(C)([Si](Br)(Br)Br)C(C)=C1C. The van der Waals surface area contributed by atoms with E-state index < -0.39 is 3.93 Å². The Morgan fingerprint density at radius 3 is 1.29 bits per heavy atom. The third-order valence-corrected chi connectivity index (χ3v) is 12.8. The lowest BCUT2D eigenvalue weighted by Crippen LogP contribution is -2.30. The molecule has 0 nitrogen and oxygen atoms in total. The molecule has 0 aliphatic heterocycles. The minimum Gasteiger partial charge on any atom is -0.0952 e. The first-order valence-electron chi connectivity index (χ1n) is 4.57. The van der Waals surface area contributed by atoms with E-state index in [1.807, 2.05) is 0 Å². The second kappa shape index (κ2) is 3.86. The van der Waals surface area contributed by atoms with E-state index in [1.165, 1.54) is 22.3 Å². The van der Waals surface area contributed by atoms with Crippen molar-refractivity contribution in [2.75, 3.05) is 0 Å². The summed E-state index contributed by atoms with van der Waals surface area (Å²) in [6.45, 7) is 11.2. The second-order valence-electron chi connectivity index (χ2n) is 4.12. The molecule has 0 saturated heterocycles. The summed E-state index contributed by atoms with van der Waals surface area (Å²) in [5, 5.41) is 0.140. The summed E-state index contributed by atoms with van der Waals surface area (Å²) >= 11 is 11.4. The van der Waals surface area contributed by atoms with Crippen molar-refractivity contribution < 1.29 is 0 Å². The van der Waals surface area contributed by atoms with Crippen LogP contribution in [0.15, 0.2) is 22.3 Å². The first-order valence-corrected chi connectivity index (χ1v) is 13.3. The van der Waals surface area contributed by atoms with Crippen molar-refractivity contribution in [1.82, 2.24) is 0 Å². The minimum absolute atomic E-state index is 0.140. The smallest absolute Gasteiger partial charge is 0.0952 e. The van der Waals surface area contributed by atoms with Gasteiger partial charge in [0.15, 0.2) is 0 Å². The maximum atomic E-state index is 3.80. The molecule has 0 radical (unpaired) electrons. The Morgan fingerprint density at radius 1 is 0.857 bits per heavy atom. The average molecular weight is 403 g/mol. The Balaban J connectivity index is 3.42. The monoisotopic (exact) mass is 400 g/mol. The molecule has 0 spiro atoms. The van der Waals surface area contributed by atoms with Crippen molar-refractivity contribution in [3.63, 3.8) is 0 Å². The molecule has 1 rings (SSSR count). The van der Waals surface area contributed by atoms with Gasteiger partial charge in [-0.3, -0.25) is 0 Å². The van der Waals surface area contributed by atoms with Crippen LogP contribution in [0.3, 0.4) is 0 Å². The van der Waals surface area contributed by atoms with Crippen LogP contribution >= 0.6 is 45.9 Å². The number of hydrogen-bond acceptors (Lipinski definition) is 0. The van der Waals surface area contributed by atoms with Gasteiger partial charge in [0, 0.05) is 5.04 Å². The first kappa shape index (κ1) is 13.2. The predicted molar refractivity (Wildman–Crippen MR) is 77.7 cm³/mol. The van der Waals surface area contributed by atoms with Gasteiger partial charge in [0.05, 0.1) is 0 Å². The molecule has 0 aromatic heterocycles. The summed E-state index contributed by atoms with van der Waals surface area (Å²) in [4.78, 5) is 0. The van der Waals surface area contributed by atoms with Crippen LogP contribution in [0.5, 0.6) is 0 Å². The van der Waals surface area contributed by atoms with E-state index >= 15 is 0 Å². The van der Waals surface area contributed by atoms with Gasteiger partial charge in [0.1, 0.15) is 0 Å². The Morgan fingerprint density at radius 2 is 1.14 bits per heavy atom. The third-order valence-electron chi connectivity index (χ3n) is 3.75. The fraction of sp³-hybridized carbons (Fsp3) is 0.600. The van der Waals surface area contributed by atoms with Gasteiger partial charge in [-0.15, -0.1) is 0 Å². The van der Waals surface area contributed by atoms with E-state index in [4.69, 9.17) is 0 Å². The van der Waals surface area contributed by atoms with Crippen LogP contribution in [-0.4, -0.2) is 3.93 Å². The van der Waals surface area contributed by atoms with E-state index in [1.54, 1.807) is 0 Å². The zero-order chi connectivity index (χ0) is 11.3. The Labute approximate surface area is 111 Å². The maximum absolute atomic E-state index is 3.80. The Bertz CT molecular complexity index is 310. The molecule has 0 aromatic carbocycles. The van der Waals surface area contributed by atoms with Gasteiger partial charge >= 0.3 is 0 Å². The molecule has 0 atom stereocenters. The zero-order valence-corrected chi connectivity index (χ0v) is 14.9. The summed E-state index contributed by atoms with van der Waals surface area (Å²) in [5.74, 6) is 0. The van der Waals surface area contributed by atoms with Crippen LogP contribution in [0.2, 0.25) is 5.04 Å². The van der Waals surface area contributed by atoms with E-state index in [0.717, 1.165) is 0 Å². The number of hydrogen-bond donors (Lipinski definition) is 0. The highest BCUT2D eigenvalue weighted by Gasteiger charge is 2.51. The number of allylic oxidation sites excluding steroid dienone is 4. The van der Waals surface area contributed by atoms with Crippen molar-refractivity contribution >= 4 is 49.8 Å². The first-order chi connectivity index (χ1) is 6.14. The van der Waals surface area contributed by atoms with E-state index in [0.29, 0.717) is 0 Å². The minimum atomic E-state index is -1.74. The Hall–Kier alpha value is 1.14. The van der Waals surface area contributed by atoms with Crippen molar-refractivity contribution in [1.29, 1.82) is 0 Å². The normalized spacial score (nSPS) is 22.3. The predicted octanol–water partition coefficient (Wildman–Crippen LogP) is 5.56. The summed E-state index contributed by atoms with van der Waals surface area (Å²) in [6, 6.07) is 0. The summed E-state index contributed by atoms with van der Waals surface area (Å²) in [7, 11) is 0. The van der Waals surface area contributed by atoms with Crippen LogP contribution in [0, 0.1) is 0 Å². The Kier molecular flexibility index (Phi) is 3.64. The molecule has 4 heteroatoms. The van der Waals surface area contributed by atoms with Crippen LogP contribution < -0.4 is 0 Å². The van der Waals surface area contributed by atoms with Crippen molar-refractivity contribution in [2.24, 2.45) is 0 Å². The van der Waals surface area contributed by atoms with Crippen molar-refractivity contribution in [3.05, 3.63) is 22.3 Å². The van der Waals surface area contributed by atoms with E-state index in [2.05, 4.69) is 80.5 Å². The highest BCUT2D eigenvalue weighted by Crippen LogP contribution is 2.63. The maximum Gasteiger partial charge on any atom is 0.280 e. The number of rotatable bonds is 1. The molecular weight excluding hydrogens is 388 g/mol. The lowest BCUT2D eigenvalue weighted by Gasteiger charge is -2.35. The molecule has 0 saturated carbocycles. The molecule has 1 aliphatic rings. The van der Waals surface area contributed by atoms with Gasteiger partial charge in [-0.25, -0.2) is 0 Å². The lowest BCUT2D eigenvalue weighted by molar-refractivity contribution is 0.834. The highest BCUT2D eigenvalue weighted by molar-refractivity contribution is 9.72. The number of halogens is 3. The molecule has 1 aliphatic carbocycles.